The first-order valence-corrected chi connectivity index (χ1v) is 7.79. The van der Waals surface area contributed by atoms with Gasteiger partial charge in [0.1, 0.15) is 17.3 Å². The molecular formula is C16H17BrN2O4. The summed E-state index contributed by atoms with van der Waals surface area (Å²) < 4.78 is 11.6. The summed E-state index contributed by atoms with van der Waals surface area (Å²) in [7, 11) is 0. The van der Waals surface area contributed by atoms with Crippen molar-refractivity contribution in [2.75, 3.05) is 6.61 Å². The van der Waals surface area contributed by atoms with Gasteiger partial charge in [0.2, 0.25) is 5.91 Å². The van der Waals surface area contributed by atoms with Crippen molar-refractivity contribution in [1.82, 2.24) is 10.9 Å². The normalized spacial score (nSPS) is 10.2. The van der Waals surface area contributed by atoms with Crippen molar-refractivity contribution in [2.45, 2.75) is 20.3 Å². The summed E-state index contributed by atoms with van der Waals surface area (Å²) in [5.74, 6) is 1.06. The second-order valence-electron chi connectivity index (χ2n) is 4.89. The summed E-state index contributed by atoms with van der Waals surface area (Å²) in [5, 5.41) is 0. The van der Waals surface area contributed by atoms with Crippen LogP contribution >= 0.6 is 15.9 Å². The predicted octanol–water partition coefficient (Wildman–Crippen LogP) is 2.89. The van der Waals surface area contributed by atoms with Crippen molar-refractivity contribution in [3.63, 3.8) is 0 Å². The van der Waals surface area contributed by atoms with Gasteiger partial charge >= 0.3 is 0 Å². The van der Waals surface area contributed by atoms with E-state index in [-0.39, 0.29) is 18.9 Å². The molecule has 23 heavy (non-hydrogen) atoms. The van der Waals surface area contributed by atoms with Gasteiger partial charge < -0.3 is 9.15 Å². The van der Waals surface area contributed by atoms with Crippen molar-refractivity contribution in [1.29, 1.82) is 0 Å². The van der Waals surface area contributed by atoms with Gasteiger partial charge in [-0.1, -0.05) is 22.0 Å². The number of carbonyl (C=O) groups is 2. The number of hydrazine groups is 1. The molecule has 2 rings (SSSR count). The highest BCUT2D eigenvalue weighted by atomic mass is 79.9. The average Bonchev–Trinajstić information content (AvgIpc) is 2.84. The monoisotopic (exact) mass is 380 g/mol. The smallest absolute Gasteiger partial charge is 0.273 e. The lowest BCUT2D eigenvalue weighted by molar-refractivity contribution is -0.122. The van der Waals surface area contributed by atoms with Crippen LogP contribution in [0.4, 0.5) is 0 Å². The van der Waals surface area contributed by atoms with Gasteiger partial charge in [0.25, 0.3) is 5.91 Å². The van der Waals surface area contributed by atoms with Gasteiger partial charge in [-0.2, -0.15) is 0 Å². The molecule has 0 spiro atoms. The number of rotatable bonds is 5. The third kappa shape index (κ3) is 5.14. The number of halogens is 1. The molecule has 1 heterocycles. The van der Waals surface area contributed by atoms with E-state index in [0.717, 1.165) is 4.47 Å². The first kappa shape index (κ1) is 17.1. The Balaban J connectivity index is 1.73. The lowest BCUT2D eigenvalue weighted by Crippen LogP contribution is -2.42. The molecule has 0 aliphatic heterocycles. The lowest BCUT2D eigenvalue weighted by Gasteiger charge is -2.08. The molecule has 0 saturated heterocycles. The van der Waals surface area contributed by atoms with Gasteiger partial charge in [-0.25, -0.2) is 0 Å². The predicted molar refractivity (Wildman–Crippen MR) is 88.0 cm³/mol. The van der Waals surface area contributed by atoms with Crippen LogP contribution in [0.5, 0.6) is 5.75 Å². The van der Waals surface area contributed by atoms with Gasteiger partial charge in [-0.05, 0) is 38.1 Å². The van der Waals surface area contributed by atoms with E-state index >= 15 is 0 Å². The molecule has 122 valence electrons. The van der Waals surface area contributed by atoms with Crippen LogP contribution in [0.2, 0.25) is 0 Å². The zero-order valence-electron chi connectivity index (χ0n) is 12.8. The Morgan fingerprint density at radius 3 is 2.65 bits per heavy atom. The fraction of sp³-hybridized carbons (Fsp3) is 0.250. The number of furan rings is 1. The van der Waals surface area contributed by atoms with Crippen LogP contribution in [0.15, 0.2) is 39.2 Å². The quantitative estimate of drug-likeness (QED) is 0.781. The number of hydrogen-bond donors (Lipinski definition) is 2. The van der Waals surface area contributed by atoms with Crippen LogP contribution in [0.3, 0.4) is 0 Å². The van der Waals surface area contributed by atoms with Gasteiger partial charge in [-0.3, -0.25) is 20.4 Å². The third-order valence-corrected chi connectivity index (χ3v) is 3.49. The summed E-state index contributed by atoms with van der Waals surface area (Å²) in [5.41, 5.74) is 5.09. The minimum Gasteiger partial charge on any atom is -0.493 e. The van der Waals surface area contributed by atoms with Crippen molar-refractivity contribution in [3.8, 4) is 5.75 Å². The number of benzene rings is 1. The topological polar surface area (TPSA) is 80.6 Å². The molecule has 0 saturated carbocycles. The number of hydrogen-bond acceptors (Lipinski definition) is 4. The van der Waals surface area contributed by atoms with Gasteiger partial charge in [-0.15, -0.1) is 0 Å². The molecule has 0 fully saturated rings. The van der Waals surface area contributed by atoms with E-state index in [1.165, 1.54) is 0 Å². The van der Waals surface area contributed by atoms with Crippen LogP contribution in [0.25, 0.3) is 0 Å². The SMILES string of the molecule is Cc1cc(C(=O)NNC(=O)CCOc2cccc(Br)c2)c(C)o1. The van der Waals surface area contributed by atoms with Crippen LogP contribution in [-0.2, 0) is 4.79 Å². The Labute approximate surface area is 142 Å². The average molecular weight is 381 g/mol. The largest absolute Gasteiger partial charge is 0.493 e. The molecule has 0 atom stereocenters. The van der Waals surface area contributed by atoms with E-state index in [0.29, 0.717) is 22.8 Å². The maximum atomic E-state index is 11.9. The van der Waals surface area contributed by atoms with Crippen LogP contribution in [-0.4, -0.2) is 18.4 Å². The van der Waals surface area contributed by atoms with Crippen molar-refractivity contribution >= 4 is 27.7 Å². The zero-order valence-corrected chi connectivity index (χ0v) is 14.4. The molecule has 6 nitrogen and oxygen atoms in total. The van der Waals surface area contributed by atoms with E-state index in [9.17, 15) is 9.59 Å². The number of amides is 2. The molecule has 2 N–H and O–H groups in total. The molecule has 0 bridgehead atoms. The van der Waals surface area contributed by atoms with Crippen molar-refractivity contribution < 1.29 is 18.7 Å². The number of ether oxygens (including phenoxy) is 1. The van der Waals surface area contributed by atoms with Crippen LogP contribution in [0.1, 0.15) is 28.3 Å². The van der Waals surface area contributed by atoms with Gasteiger partial charge in [0, 0.05) is 4.47 Å². The van der Waals surface area contributed by atoms with E-state index in [4.69, 9.17) is 9.15 Å². The molecule has 0 aliphatic carbocycles. The summed E-state index contributed by atoms with van der Waals surface area (Å²) in [6.45, 7) is 3.65. The second-order valence-corrected chi connectivity index (χ2v) is 5.80. The molecule has 0 unspecified atom stereocenters. The van der Waals surface area contributed by atoms with E-state index < -0.39 is 5.91 Å². The van der Waals surface area contributed by atoms with Crippen molar-refractivity contribution in [2.24, 2.45) is 0 Å². The fourth-order valence-electron chi connectivity index (χ4n) is 1.93. The molecular weight excluding hydrogens is 364 g/mol. The molecule has 0 aliphatic rings. The molecule has 0 radical (unpaired) electrons. The Bertz CT molecular complexity index is 712. The molecule has 1 aromatic carbocycles. The fourth-order valence-corrected chi connectivity index (χ4v) is 2.31. The molecule has 2 aromatic rings. The Morgan fingerprint density at radius 2 is 2.00 bits per heavy atom. The third-order valence-electron chi connectivity index (χ3n) is 2.99. The minimum atomic E-state index is -0.416. The van der Waals surface area contributed by atoms with E-state index in [1.54, 1.807) is 26.0 Å². The van der Waals surface area contributed by atoms with Crippen molar-refractivity contribution in [3.05, 3.63) is 51.9 Å². The molecule has 1 aromatic heterocycles. The summed E-state index contributed by atoms with van der Waals surface area (Å²) in [6.07, 6.45) is 0.121. The Morgan fingerprint density at radius 1 is 1.22 bits per heavy atom. The number of carbonyl (C=O) groups excluding carboxylic acids is 2. The standard InChI is InChI=1S/C16H17BrN2O4/c1-10-8-14(11(2)23-10)16(21)19-18-15(20)6-7-22-13-5-3-4-12(17)9-13/h3-5,8-9H,6-7H2,1-2H3,(H,18,20)(H,19,21). The summed E-state index contributed by atoms with van der Waals surface area (Å²) in [4.78, 5) is 23.6. The maximum absolute atomic E-state index is 11.9. The van der Waals surface area contributed by atoms with Gasteiger partial charge in [0.15, 0.2) is 0 Å². The Kier molecular flexibility index (Phi) is 5.81. The number of nitrogens with one attached hydrogen (secondary N) is 2. The highest BCUT2D eigenvalue weighted by Gasteiger charge is 2.14. The maximum Gasteiger partial charge on any atom is 0.273 e. The summed E-state index contributed by atoms with van der Waals surface area (Å²) >= 11 is 3.34. The zero-order chi connectivity index (χ0) is 16.8. The van der Waals surface area contributed by atoms with Gasteiger partial charge in [0.05, 0.1) is 18.6 Å². The first-order chi connectivity index (χ1) is 11.0. The van der Waals surface area contributed by atoms with E-state index in [1.807, 2.05) is 18.2 Å². The molecule has 2 amide bonds. The number of aryl methyl sites for hydroxylation is 2. The van der Waals surface area contributed by atoms with Crippen LogP contribution < -0.4 is 15.6 Å². The minimum absolute atomic E-state index is 0.121. The van der Waals surface area contributed by atoms with E-state index in [2.05, 4.69) is 26.8 Å². The molecule has 7 heteroatoms. The summed E-state index contributed by atoms with van der Waals surface area (Å²) in [6, 6.07) is 8.95. The first-order valence-electron chi connectivity index (χ1n) is 7.00. The Hall–Kier alpha value is -2.28. The second kappa shape index (κ2) is 7.82. The highest BCUT2D eigenvalue weighted by Crippen LogP contribution is 2.17. The highest BCUT2D eigenvalue weighted by molar-refractivity contribution is 9.10. The lowest BCUT2D eigenvalue weighted by atomic mass is 10.2. The van der Waals surface area contributed by atoms with Crippen LogP contribution in [0, 0.1) is 13.8 Å².